The molecular formula is C28H21ClF5N3O4. The predicted octanol–water partition coefficient (Wildman–Crippen LogP) is 5.72. The second kappa shape index (κ2) is 10.7. The Morgan fingerprint density at radius 2 is 1.85 bits per heavy atom. The fraction of sp³-hybridized carbons (Fsp3) is 0.250. The quantitative estimate of drug-likeness (QED) is 0.358. The molecule has 2 atom stereocenters. The number of nitrogens with zero attached hydrogens (tertiary/aromatic N) is 1. The van der Waals surface area contributed by atoms with Crippen molar-refractivity contribution in [3.05, 3.63) is 93.0 Å². The summed E-state index contributed by atoms with van der Waals surface area (Å²) in [5.74, 6) is -3.56. The van der Waals surface area contributed by atoms with Gasteiger partial charge in [-0.3, -0.25) is 14.4 Å². The molecule has 2 N–H and O–H groups in total. The number of alkyl halides is 3. The second-order valence-corrected chi connectivity index (χ2v) is 10.1. The topological polar surface area (TPSA) is 87.7 Å². The van der Waals surface area contributed by atoms with Crippen LogP contribution in [0.25, 0.3) is 0 Å². The van der Waals surface area contributed by atoms with Gasteiger partial charge in [0.15, 0.2) is 0 Å². The van der Waals surface area contributed by atoms with Crippen molar-refractivity contribution in [2.75, 3.05) is 19.0 Å². The van der Waals surface area contributed by atoms with Gasteiger partial charge in [0, 0.05) is 41.2 Å². The molecule has 0 radical (unpaired) electrons. The number of anilines is 1. The first-order valence-electron chi connectivity index (χ1n) is 12.3. The van der Waals surface area contributed by atoms with Gasteiger partial charge in [0.1, 0.15) is 24.0 Å². The molecule has 0 aromatic heterocycles. The Morgan fingerprint density at radius 1 is 1.10 bits per heavy atom. The van der Waals surface area contributed by atoms with Crippen LogP contribution in [-0.4, -0.2) is 42.3 Å². The lowest BCUT2D eigenvalue weighted by Crippen LogP contribution is -2.33. The Bertz CT molecular complexity index is 1580. The highest BCUT2D eigenvalue weighted by molar-refractivity contribution is 6.31. The number of amides is 3. The Hall–Kier alpha value is -4.19. The summed E-state index contributed by atoms with van der Waals surface area (Å²) in [4.78, 5) is 39.5. The third kappa shape index (κ3) is 5.69. The van der Waals surface area contributed by atoms with Gasteiger partial charge in [-0.2, -0.15) is 13.2 Å². The van der Waals surface area contributed by atoms with E-state index in [1.807, 2.05) is 0 Å². The third-order valence-electron chi connectivity index (χ3n) is 7.04. The van der Waals surface area contributed by atoms with E-state index in [0.717, 1.165) is 12.1 Å². The number of likely N-dealkylation sites (N-methyl/N-ethyl adjacent to an activating group) is 1. The van der Waals surface area contributed by atoms with Crippen LogP contribution in [0.4, 0.5) is 27.6 Å². The molecule has 5 rings (SSSR count). The van der Waals surface area contributed by atoms with E-state index in [2.05, 4.69) is 10.6 Å². The van der Waals surface area contributed by atoms with Gasteiger partial charge in [-0.05, 0) is 48.9 Å². The molecular weight excluding hydrogens is 573 g/mol. The van der Waals surface area contributed by atoms with Gasteiger partial charge < -0.3 is 20.3 Å². The SMILES string of the molecule is CN1C(=O)CC[C@H]1COc1cc(NC(=O)c2cc(F)cc(C(F)(F)F)c2)c2c(c1)C(=O)N[C@H]2c1cc(F)ccc1Cl. The second-order valence-electron chi connectivity index (χ2n) is 9.69. The molecule has 13 heteroatoms. The lowest BCUT2D eigenvalue weighted by Gasteiger charge is -2.22. The summed E-state index contributed by atoms with van der Waals surface area (Å²) in [6.07, 6.45) is -4.01. The number of nitrogens with one attached hydrogen (secondary N) is 2. The van der Waals surface area contributed by atoms with Gasteiger partial charge in [0.25, 0.3) is 11.8 Å². The van der Waals surface area contributed by atoms with E-state index in [0.29, 0.717) is 25.0 Å². The molecule has 41 heavy (non-hydrogen) atoms. The minimum absolute atomic E-state index is 0.0363. The summed E-state index contributed by atoms with van der Waals surface area (Å²) in [5.41, 5.74) is -1.68. The zero-order chi connectivity index (χ0) is 29.6. The van der Waals surface area contributed by atoms with E-state index in [9.17, 15) is 36.3 Å². The van der Waals surface area contributed by atoms with Gasteiger partial charge >= 0.3 is 6.18 Å². The van der Waals surface area contributed by atoms with Gasteiger partial charge in [-0.25, -0.2) is 8.78 Å². The van der Waals surface area contributed by atoms with Crippen LogP contribution in [0.2, 0.25) is 5.02 Å². The van der Waals surface area contributed by atoms with Gasteiger partial charge in [0.05, 0.1) is 28.9 Å². The van der Waals surface area contributed by atoms with Crippen molar-refractivity contribution in [1.82, 2.24) is 10.2 Å². The van der Waals surface area contributed by atoms with Gasteiger partial charge in [0.2, 0.25) is 5.91 Å². The predicted molar refractivity (Wildman–Crippen MR) is 138 cm³/mol. The van der Waals surface area contributed by atoms with Crippen molar-refractivity contribution in [2.24, 2.45) is 0 Å². The van der Waals surface area contributed by atoms with E-state index in [-0.39, 0.29) is 57.8 Å². The molecule has 214 valence electrons. The van der Waals surface area contributed by atoms with Crippen LogP contribution in [0.5, 0.6) is 5.75 Å². The first-order valence-corrected chi connectivity index (χ1v) is 12.7. The third-order valence-corrected chi connectivity index (χ3v) is 7.39. The van der Waals surface area contributed by atoms with Crippen molar-refractivity contribution in [3.63, 3.8) is 0 Å². The molecule has 3 aromatic rings. The maximum absolute atomic E-state index is 14.1. The van der Waals surface area contributed by atoms with E-state index >= 15 is 0 Å². The molecule has 2 aliphatic rings. The van der Waals surface area contributed by atoms with E-state index < -0.39 is 46.8 Å². The lowest BCUT2D eigenvalue weighted by atomic mass is 9.95. The summed E-state index contributed by atoms with van der Waals surface area (Å²) in [6, 6.07) is 6.38. The number of fused-ring (bicyclic) bond motifs is 1. The fourth-order valence-electron chi connectivity index (χ4n) is 4.89. The highest BCUT2D eigenvalue weighted by atomic mass is 35.5. The van der Waals surface area contributed by atoms with Crippen LogP contribution >= 0.6 is 11.6 Å². The minimum atomic E-state index is -4.91. The Balaban J connectivity index is 1.55. The smallest absolute Gasteiger partial charge is 0.416 e. The van der Waals surface area contributed by atoms with Crippen molar-refractivity contribution < 1.29 is 41.1 Å². The highest BCUT2D eigenvalue weighted by Crippen LogP contribution is 2.42. The first-order chi connectivity index (χ1) is 19.3. The molecule has 0 bridgehead atoms. The average Bonchev–Trinajstić information content (AvgIpc) is 3.41. The molecule has 0 saturated carbocycles. The van der Waals surface area contributed by atoms with Crippen molar-refractivity contribution in [2.45, 2.75) is 31.1 Å². The molecule has 3 aromatic carbocycles. The maximum atomic E-state index is 14.1. The standard InChI is InChI=1S/C28H21ClF5N3O4/c1-37-17(3-5-23(37)38)12-41-18-10-20-24(25(36-27(20)40)19-9-15(30)2-4-21(19)29)22(11-18)35-26(39)13-6-14(28(32,33)34)8-16(31)7-13/h2,4,6-11,17,25H,3,5,12H2,1H3,(H,35,39)(H,36,40)/t17-,25-/m0/s1. The fourth-order valence-corrected chi connectivity index (χ4v) is 5.12. The van der Waals surface area contributed by atoms with Crippen LogP contribution < -0.4 is 15.4 Å². The van der Waals surface area contributed by atoms with Crippen LogP contribution in [0.1, 0.15) is 56.3 Å². The molecule has 1 fully saturated rings. The number of carbonyl (C=O) groups is 3. The van der Waals surface area contributed by atoms with Gasteiger partial charge in [-0.1, -0.05) is 11.6 Å². The number of benzene rings is 3. The number of carbonyl (C=O) groups excluding carboxylic acids is 3. The number of likely N-dealkylation sites (tertiary alicyclic amines) is 1. The Kier molecular flexibility index (Phi) is 7.37. The Morgan fingerprint density at radius 3 is 2.54 bits per heavy atom. The average molecular weight is 594 g/mol. The molecule has 0 aliphatic carbocycles. The Labute approximate surface area is 235 Å². The molecule has 2 aliphatic heterocycles. The van der Waals surface area contributed by atoms with E-state index in [1.54, 1.807) is 7.05 Å². The zero-order valence-corrected chi connectivity index (χ0v) is 22.0. The monoisotopic (exact) mass is 593 g/mol. The summed E-state index contributed by atoms with van der Waals surface area (Å²) < 4.78 is 73.8. The number of rotatable bonds is 6. The summed E-state index contributed by atoms with van der Waals surface area (Å²) in [5, 5.41) is 5.24. The minimum Gasteiger partial charge on any atom is -0.491 e. The normalized spacial score (nSPS) is 18.4. The molecule has 2 heterocycles. The van der Waals surface area contributed by atoms with Gasteiger partial charge in [-0.15, -0.1) is 0 Å². The molecule has 1 saturated heterocycles. The zero-order valence-electron chi connectivity index (χ0n) is 21.2. The number of hydrogen-bond donors (Lipinski definition) is 2. The van der Waals surface area contributed by atoms with Crippen molar-refractivity contribution in [3.8, 4) is 5.75 Å². The van der Waals surface area contributed by atoms with Crippen LogP contribution in [0.15, 0.2) is 48.5 Å². The van der Waals surface area contributed by atoms with Crippen molar-refractivity contribution in [1.29, 1.82) is 0 Å². The molecule has 7 nitrogen and oxygen atoms in total. The largest absolute Gasteiger partial charge is 0.491 e. The van der Waals surface area contributed by atoms with Crippen LogP contribution in [0.3, 0.4) is 0 Å². The molecule has 3 amide bonds. The van der Waals surface area contributed by atoms with E-state index in [1.165, 1.54) is 23.1 Å². The molecule has 0 spiro atoms. The molecule has 0 unspecified atom stereocenters. The number of ether oxygens (including phenoxy) is 1. The summed E-state index contributed by atoms with van der Waals surface area (Å²) in [7, 11) is 1.63. The van der Waals surface area contributed by atoms with E-state index in [4.69, 9.17) is 16.3 Å². The van der Waals surface area contributed by atoms with Crippen LogP contribution in [-0.2, 0) is 11.0 Å². The van der Waals surface area contributed by atoms with Crippen LogP contribution in [0, 0.1) is 11.6 Å². The highest BCUT2D eigenvalue weighted by Gasteiger charge is 2.36. The number of hydrogen-bond acceptors (Lipinski definition) is 4. The summed E-state index contributed by atoms with van der Waals surface area (Å²) >= 11 is 6.29. The maximum Gasteiger partial charge on any atom is 0.416 e. The van der Waals surface area contributed by atoms with Crippen molar-refractivity contribution >= 4 is 35.0 Å². The lowest BCUT2D eigenvalue weighted by molar-refractivity contribution is -0.137. The number of halogens is 6. The summed E-state index contributed by atoms with van der Waals surface area (Å²) in [6.45, 7) is 0.0635. The first kappa shape index (κ1) is 28.3.